The third-order valence-corrected chi connectivity index (χ3v) is 6.24. The molecule has 2 nitrogen and oxygen atoms in total. The molecule has 1 aliphatic carbocycles. The van der Waals surface area contributed by atoms with Crippen LogP contribution in [0.1, 0.15) is 0 Å². The van der Waals surface area contributed by atoms with E-state index in [9.17, 15) is 4.79 Å². The van der Waals surface area contributed by atoms with E-state index >= 15 is 0 Å². The average Bonchev–Trinajstić information content (AvgIpc) is 2.78. The van der Waals surface area contributed by atoms with Crippen LogP contribution in [0.4, 0.5) is 0 Å². The Morgan fingerprint density at radius 1 is 0.633 bits per heavy atom. The lowest BCUT2D eigenvalue weighted by Gasteiger charge is -2.18. The van der Waals surface area contributed by atoms with Crippen molar-refractivity contribution in [2.75, 3.05) is 0 Å². The summed E-state index contributed by atoms with van der Waals surface area (Å²) in [6, 6.07) is 30.1. The summed E-state index contributed by atoms with van der Waals surface area (Å²) in [5.74, 6) is 0.612. The molecule has 0 spiro atoms. The first-order valence-corrected chi connectivity index (χ1v) is 10.6. The van der Waals surface area contributed by atoms with Gasteiger partial charge in [-0.15, -0.1) is 0 Å². The van der Waals surface area contributed by atoms with Gasteiger partial charge in [0.1, 0.15) is 11.3 Å². The molecular formula is C27H15BrO2. The van der Waals surface area contributed by atoms with Gasteiger partial charge in [0.05, 0.1) is 0 Å². The predicted molar refractivity (Wildman–Crippen MR) is 127 cm³/mol. The van der Waals surface area contributed by atoms with Gasteiger partial charge in [-0.05, 0) is 34.5 Å². The fourth-order valence-electron chi connectivity index (χ4n) is 4.37. The smallest absolute Gasteiger partial charge is 0.190 e. The number of halogens is 1. The lowest BCUT2D eigenvalue weighted by Crippen LogP contribution is -2.04. The van der Waals surface area contributed by atoms with Crippen molar-refractivity contribution in [3.8, 4) is 22.5 Å². The second-order valence-corrected chi connectivity index (χ2v) is 8.36. The van der Waals surface area contributed by atoms with Crippen LogP contribution in [0.5, 0.6) is 0 Å². The van der Waals surface area contributed by atoms with Gasteiger partial charge in [0.2, 0.25) is 0 Å². The van der Waals surface area contributed by atoms with Crippen LogP contribution in [-0.4, -0.2) is 0 Å². The lowest BCUT2D eigenvalue weighted by molar-refractivity contribution is 0.624. The van der Waals surface area contributed by atoms with E-state index in [1.54, 1.807) is 6.07 Å². The molecule has 4 aromatic carbocycles. The Morgan fingerprint density at radius 2 is 1.33 bits per heavy atom. The zero-order valence-corrected chi connectivity index (χ0v) is 17.4. The Kier molecular flexibility index (Phi) is 3.80. The summed E-state index contributed by atoms with van der Waals surface area (Å²) in [5, 5.41) is 4.80. The summed E-state index contributed by atoms with van der Waals surface area (Å²) in [6.07, 6.45) is 0. The minimum atomic E-state index is -0.0248. The number of benzene rings is 5. The average molecular weight is 451 g/mol. The van der Waals surface area contributed by atoms with Crippen molar-refractivity contribution in [3.63, 3.8) is 0 Å². The largest absolute Gasteiger partial charge is 0.455 e. The number of rotatable bonds is 1. The third kappa shape index (κ3) is 2.52. The molecule has 1 heterocycles. The fourth-order valence-corrected chi connectivity index (χ4v) is 4.63. The van der Waals surface area contributed by atoms with Crippen LogP contribution in [-0.2, 0) is 0 Å². The molecule has 1 aliphatic heterocycles. The standard InChI is InChI=1S/C27H15BrO2/c28-18-12-9-17(10-13-18)25-22-14-11-16-5-1-2-6-19(16)27(22)30-24-15-23(29)20-7-3-4-8-21(20)26(24)25/h1-15H. The molecular weight excluding hydrogens is 436 g/mol. The quantitative estimate of drug-likeness (QED) is 0.190. The Labute approximate surface area is 180 Å². The van der Waals surface area contributed by atoms with Crippen LogP contribution in [0.25, 0.3) is 55.0 Å². The Morgan fingerprint density at radius 3 is 2.13 bits per heavy atom. The minimum Gasteiger partial charge on any atom is -0.455 e. The normalized spacial score (nSPS) is 11.6. The van der Waals surface area contributed by atoms with Crippen molar-refractivity contribution in [2.24, 2.45) is 0 Å². The summed E-state index contributed by atoms with van der Waals surface area (Å²) >= 11 is 3.54. The molecule has 3 heteroatoms. The first-order chi connectivity index (χ1) is 14.7. The van der Waals surface area contributed by atoms with Gasteiger partial charge in [-0.2, -0.15) is 0 Å². The lowest BCUT2D eigenvalue weighted by atomic mass is 9.89. The molecule has 0 unspecified atom stereocenters. The Balaban J connectivity index is 1.92. The minimum absolute atomic E-state index is 0.0248. The highest BCUT2D eigenvalue weighted by molar-refractivity contribution is 9.10. The van der Waals surface area contributed by atoms with E-state index in [1.807, 2.05) is 48.5 Å². The van der Waals surface area contributed by atoms with E-state index in [2.05, 4.69) is 52.3 Å². The third-order valence-electron chi connectivity index (χ3n) is 5.71. The second-order valence-electron chi connectivity index (χ2n) is 7.44. The van der Waals surface area contributed by atoms with E-state index in [-0.39, 0.29) is 5.43 Å². The molecule has 0 amide bonds. The predicted octanol–water partition coefficient (Wildman–Crippen LogP) is 7.63. The van der Waals surface area contributed by atoms with Crippen LogP contribution < -0.4 is 5.43 Å². The summed E-state index contributed by atoms with van der Waals surface area (Å²) in [7, 11) is 0. The molecule has 2 aliphatic rings. The van der Waals surface area contributed by atoms with Gasteiger partial charge in [-0.25, -0.2) is 0 Å². The molecule has 0 N–H and O–H groups in total. The van der Waals surface area contributed by atoms with Crippen LogP contribution in [0.3, 0.4) is 0 Å². The van der Waals surface area contributed by atoms with E-state index in [1.165, 1.54) is 0 Å². The van der Waals surface area contributed by atoms with Gasteiger partial charge in [-0.1, -0.05) is 82.7 Å². The van der Waals surface area contributed by atoms with Crippen molar-refractivity contribution in [1.82, 2.24) is 0 Å². The maximum Gasteiger partial charge on any atom is 0.190 e. The fraction of sp³-hybridized carbons (Fsp3) is 0. The van der Waals surface area contributed by atoms with E-state index in [0.717, 1.165) is 48.3 Å². The molecule has 0 bridgehead atoms. The van der Waals surface area contributed by atoms with E-state index in [0.29, 0.717) is 11.1 Å². The number of hydrogen-bond donors (Lipinski definition) is 0. The second kappa shape index (κ2) is 6.54. The molecule has 30 heavy (non-hydrogen) atoms. The molecule has 0 saturated heterocycles. The van der Waals surface area contributed by atoms with Crippen LogP contribution in [0.2, 0.25) is 0 Å². The van der Waals surface area contributed by atoms with Crippen molar-refractivity contribution < 1.29 is 4.42 Å². The number of hydrogen-bond acceptors (Lipinski definition) is 2. The summed E-state index contributed by atoms with van der Waals surface area (Å²) in [4.78, 5) is 12.8. The molecule has 0 saturated carbocycles. The van der Waals surface area contributed by atoms with Crippen molar-refractivity contribution in [2.45, 2.75) is 0 Å². The summed E-state index contributed by atoms with van der Waals surface area (Å²) in [6.45, 7) is 0. The topological polar surface area (TPSA) is 30.2 Å². The van der Waals surface area contributed by atoms with Crippen molar-refractivity contribution in [3.05, 3.63) is 106 Å². The summed E-state index contributed by atoms with van der Waals surface area (Å²) < 4.78 is 7.45. The van der Waals surface area contributed by atoms with Gasteiger partial charge < -0.3 is 4.42 Å². The zero-order chi connectivity index (χ0) is 20.2. The Hall–Kier alpha value is -3.43. The molecule has 0 aromatic heterocycles. The van der Waals surface area contributed by atoms with Crippen LogP contribution >= 0.6 is 15.9 Å². The highest BCUT2D eigenvalue weighted by Crippen LogP contribution is 2.44. The van der Waals surface area contributed by atoms with E-state index < -0.39 is 0 Å². The molecule has 0 fully saturated rings. The van der Waals surface area contributed by atoms with Gasteiger partial charge in [-0.3, -0.25) is 4.79 Å². The highest BCUT2D eigenvalue weighted by Gasteiger charge is 2.22. The van der Waals surface area contributed by atoms with Crippen LogP contribution in [0, 0.1) is 0 Å². The molecule has 0 atom stereocenters. The van der Waals surface area contributed by atoms with Gasteiger partial charge >= 0.3 is 0 Å². The molecule has 6 rings (SSSR count). The molecule has 4 aromatic rings. The van der Waals surface area contributed by atoms with Crippen molar-refractivity contribution in [1.29, 1.82) is 0 Å². The first kappa shape index (κ1) is 17.4. The Bertz CT molecular complexity index is 1610. The molecule has 0 radical (unpaired) electrons. The monoisotopic (exact) mass is 450 g/mol. The maximum absolute atomic E-state index is 12.8. The maximum atomic E-state index is 12.8. The molecule has 142 valence electrons. The SMILES string of the molecule is O=c1cc2oc3c(ccc4ccccc43)c(-c3ccc(Br)cc3)c-2c2ccccc12. The zero-order valence-electron chi connectivity index (χ0n) is 15.9. The van der Waals surface area contributed by atoms with Crippen LogP contribution in [0.15, 0.2) is 105 Å². The van der Waals surface area contributed by atoms with Gasteiger partial charge in [0, 0.05) is 37.8 Å². The summed E-state index contributed by atoms with van der Waals surface area (Å²) in [5.41, 5.74) is 3.91. The van der Waals surface area contributed by atoms with E-state index in [4.69, 9.17) is 4.42 Å². The van der Waals surface area contributed by atoms with Gasteiger partial charge in [0.15, 0.2) is 5.43 Å². The van der Waals surface area contributed by atoms with Crippen molar-refractivity contribution >= 4 is 48.4 Å². The number of fused-ring (bicyclic) bond motifs is 6. The van der Waals surface area contributed by atoms with Gasteiger partial charge in [0.25, 0.3) is 0 Å². The first-order valence-electron chi connectivity index (χ1n) is 9.77. The highest BCUT2D eigenvalue weighted by atomic mass is 79.9.